The highest BCUT2D eigenvalue weighted by Gasteiger charge is 2.14. The van der Waals surface area contributed by atoms with E-state index in [1.807, 2.05) is 0 Å². The molecule has 1 amide bonds. The van der Waals surface area contributed by atoms with Gasteiger partial charge in [0.2, 0.25) is 5.76 Å². The molecule has 20 heavy (non-hydrogen) atoms. The van der Waals surface area contributed by atoms with Crippen LogP contribution in [-0.4, -0.2) is 17.0 Å². The van der Waals surface area contributed by atoms with Crippen LogP contribution in [0.2, 0.25) is 0 Å². The minimum atomic E-state index is -1.18. The number of rotatable bonds is 4. The van der Waals surface area contributed by atoms with E-state index in [-0.39, 0.29) is 22.3 Å². The molecule has 0 aliphatic carbocycles. The Morgan fingerprint density at radius 3 is 2.70 bits per heavy atom. The normalized spacial score (nSPS) is 10.3. The minimum Gasteiger partial charge on any atom is -0.475 e. The molecule has 0 radical (unpaired) electrons. The first-order chi connectivity index (χ1) is 9.49. The third kappa shape index (κ3) is 3.05. The van der Waals surface area contributed by atoms with E-state index in [1.54, 1.807) is 0 Å². The molecule has 0 atom stereocenters. The van der Waals surface area contributed by atoms with Crippen molar-refractivity contribution in [3.63, 3.8) is 0 Å². The number of furan rings is 1. The Morgan fingerprint density at radius 2 is 2.05 bits per heavy atom. The summed E-state index contributed by atoms with van der Waals surface area (Å²) in [5.41, 5.74) is 0.148. The minimum absolute atomic E-state index is 0.00899. The third-order valence-electron chi connectivity index (χ3n) is 2.49. The zero-order valence-corrected chi connectivity index (χ0v) is 11.6. The highest BCUT2D eigenvalue weighted by Crippen LogP contribution is 2.20. The van der Waals surface area contributed by atoms with Gasteiger partial charge in [-0.25, -0.2) is 9.18 Å². The maximum Gasteiger partial charge on any atom is 0.371 e. The molecule has 0 saturated heterocycles. The van der Waals surface area contributed by atoms with Gasteiger partial charge in [0, 0.05) is 0 Å². The first-order valence-corrected chi connectivity index (χ1v) is 6.32. The molecule has 104 valence electrons. The fraction of sp³-hybridized carbons (Fsp3) is 0.0769. The van der Waals surface area contributed by atoms with Gasteiger partial charge in [-0.05, 0) is 40.2 Å². The maximum absolute atomic E-state index is 13.3. The Morgan fingerprint density at radius 1 is 1.30 bits per heavy atom. The number of aromatic carboxylic acids is 1. The van der Waals surface area contributed by atoms with E-state index in [0.717, 1.165) is 0 Å². The number of halogens is 2. The van der Waals surface area contributed by atoms with E-state index in [9.17, 15) is 14.0 Å². The Kier molecular flexibility index (Phi) is 4.19. The van der Waals surface area contributed by atoms with Gasteiger partial charge in [0.25, 0.3) is 5.91 Å². The summed E-state index contributed by atoms with van der Waals surface area (Å²) in [5.74, 6) is -2.13. The van der Waals surface area contributed by atoms with Crippen LogP contribution in [0.5, 0.6) is 0 Å². The van der Waals surface area contributed by atoms with Gasteiger partial charge in [0.15, 0.2) is 0 Å². The summed E-state index contributed by atoms with van der Waals surface area (Å²) in [6, 6.07) is 6.86. The monoisotopic (exact) mass is 341 g/mol. The lowest BCUT2D eigenvalue weighted by Crippen LogP contribution is -2.23. The predicted molar refractivity (Wildman–Crippen MR) is 70.9 cm³/mol. The standard InChI is InChI=1S/C13H9BrFNO4/c14-11-8(2-1-3-9(11)15)12(17)16-6-7-4-5-10(20-7)13(18)19/h1-5H,6H2,(H,16,17)(H,18,19). The second kappa shape index (κ2) is 5.87. The smallest absolute Gasteiger partial charge is 0.371 e. The summed E-state index contributed by atoms with van der Waals surface area (Å²) in [4.78, 5) is 22.5. The van der Waals surface area contributed by atoms with Crippen LogP contribution >= 0.6 is 15.9 Å². The zero-order chi connectivity index (χ0) is 14.7. The van der Waals surface area contributed by atoms with E-state index in [2.05, 4.69) is 21.2 Å². The fourth-order valence-corrected chi connectivity index (χ4v) is 1.97. The molecule has 5 nitrogen and oxygen atoms in total. The Labute approximate surface area is 121 Å². The number of amides is 1. The molecule has 1 aromatic heterocycles. The van der Waals surface area contributed by atoms with Crippen LogP contribution < -0.4 is 5.32 Å². The maximum atomic E-state index is 13.3. The zero-order valence-electron chi connectivity index (χ0n) is 10.0. The molecule has 0 spiro atoms. The van der Waals surface area contributed by atoms with Crippen molar-refractivity contribution in [1.82, 2.24) is 5.32 Å². The molecule has 1 aromatic carbocycles. The van der Waals surface area contributed by atoms with E-state index < -0.39 is 17.7 Å². The molecule has 0 saturated carbocycles. The number of hydrogen-bond donors (Lipinski definition) is 2. The molecule has 7 heteroatoms. The number of carbonyl (C=O) groups excluding carboxylic acids is 1. The lowest BCUT2D eigenvalue weighted by atomic mass is 10.2. The molecule has 0 aliphatic rings. The first kappa shape index (κ1) is 14.3. The largest absolute Gasteiger partial charge is 0.475 e. The van der Waals surface area contributed by atoms with Crippen molar-refractivity contribution in [3.05, 3.63) is 57.7 Å². The van der Waals surface area contributed by atoms with Crippen molar-refractivity contribution in [2.75, 3.05) is 0 Å². The molecule has 0 fully saturated rings. The third-order valence-corrected chi connectivity index (χ3v) is 3.30. The second-order valence-electron chi connectivity index (χ2n) is 3.86. The number of benzene rings is 1. The van der Waals surface area contributed by atoms with E-state index in [1.165, 1.54) is 30.3 Å². The first-order valence-electron chi connectivity index (χ1n) is 5.53. The van der Waals surface area contributed by atoms with Crippen molar-refractivity contribution in [2.24, 2.45) is 0 Å². The quantitative estimate of drug-likeness (QED) is 0.896. The van der Waals surface area contributed by atoms with Gasteiger partial charge in [0.05, 0.1) is 16.6 Å². The number of carboxylic acids is 1. The number of carbonyl (C=O) groups is 2. The summed E-state index contributed by atoms with van der Waals surface area (Å²) in [5, 5.41) is 11.2. The SMILES string of the molecule is O=C(O)c1ccc(CNC(=O)c2cccc(F)c2Br)o1. The summed E-state index contributed by atoms with van der Waals surface area (Å²) in [6.07, 6.45) is 0. The van der Waals surface area contributed by atoms with Gasteiger partial charge >= 0.3 is 5.97 Å². The lowest BCUT2D eigenvalue weighted by molar-refractivity contribution is 0.0660. The molecule has 2 N–H and O–H groups in total. The van der Waals surface area contributed by atoms with Gasteiger partial charge in [-0.1, -0.05) is 6.07 Å². The van der Waals surface area contributed by atoms with E-state index in [0.29, 0.717) is 5.76 Å². The number of nitrogens with one attached hydrogen (secondary N) is 1. The summed E-state index contributed by atoms with van der Waals surface area (Å²) >= 11 is 2.99. The van der Waals surface area contributed by atoms with Crippen molar-refractivity contribution < 1.29 is 23.5 Å². The van der Waals surface area contributed by atoms with Crippen LogP contribution in [0, 0.1) is 5.82 Å². The van der Waals surface area contributed by atoms with Crippen molar-refractivity contribution in [3.8, 4) is 0 Å². The average molecular weight is 342 g/mol. The fourth-order valence-electron chi connectivity index (χ4n) is 1.53. The lowest BCUT2D eigenvalue weighted by Gasteiger charge is -2.05. The molecule has 0 unspecified atom stereocenters. The number of carboxylic acid groups (broad SMARTS) is 1. The summed E-state index contributed by atoms with van der Waals surface area (Å²) in [6.45, 7) is 0.00899. The van der Waals surface area contributed by atoms with Crippen molar-refractivity contribution >= 4 is 27.8 Å². The highest BCUT2D eigenvalue weighted by molar-refractivity contribution is 9.10. The van der Waals surface area contributed by atoms with Crippen LogP contribution in [0.25, 0.3) is 0 Å². The molecular formula is C13H9BrFNO4. The van der Waals surface area contributed by atoms with Crippen LogP contribution in [0.1, 0.15) is 26.7 Å². The topological polar surface area (TPSA) is 79.5 Å². The van der Waals surface area contributed by atoms with E-state index >= 15 is 0 Å². The van der Waals surface area contributed by atoms with Gasteiger partial charge < -0.3 is 14.8 Å². The average Bonchev–Trinajstić information content (AvgIpc) is 2.88. The number of hydrogen-bond acceptors (Lipinski definition) is 3. The second-order valence-corrected chi connectivity index (χ2v) is 4.65. The van der Waals surface area contributed by atoms with Gasteiger partial charge in [-0.2, -0.15) is 0 Å². The Bertz CT molecular complexity index is 668. The van der Waals surface area contributed by atoms with Gasteiger partial charge in [-0.3, -0.25) is 4.79 Å². The Hall–Kier alpha value is -2.15. The summed E-state index contributed by atoms with van der Waals surface area (Å²) < 4.78 is 18.3. The van der Waals surface area contributed by atoms with Crippen LogP contribution in [0.4, 0.5) is 4.39 Å². The van der Waals surface area contributed by atoms with Crippen LogP contribution in [0.15, 0.2) is 39.2 Å². The molecule has 2 rings (SSSR count). The van der Waals surface area contributed by atoms with Gasteiger partial charge in [0.1, 0.15) is 11.6 Å². The van der Waals surface area contributed by atoms with Gasteiger partial charge in [-0.15, -0.1) is 0 Å². The molecule has 0 bridgehead atoms. The predicted octanol–water partition coefficient (Wildman–Crippen LogP) is 2.81. The molecule has 2 aromatic rings. The molecular weight excluding hydrogens is 333 g/mol. The van der Waals surface area contributed by atoms with E-state index in [4.69, 9.17) is 9.52 Å². The van der Waals surface area contributed by atoms with Crippen molar-refractivity contribution in [2.45, 2.75) is 6.54 Å². The van der Waals surface area contributed by atoms with Crippen LogP contribution in [0.3, 0.4) is 0 Å². The summed E-state index contributed by atoms with van der Waals surface area (Å²) in [7, 11) is 0. The highest BCUT2D eigenvalue weighted by atomic mass is 79.9. The van der Waals surface area contributed by atoms with Crippen molar-refractivity contribution in [1.29, 1.82) is 0 Å². The van der Waals surface area contributed by atoms with Crippen LogP contribution in [-0.2, 0) is 6.54 Å². The Balaban J connectivity index is 2.05. The molecule has 0 aliphatic heterocycles. The molecule has 1 heterocycles.